The molecule has 1 atom stereocenters. The number of imidazole rings is 1. The van der Waals surface area contributed by atoms with E-state index in [1.165, 1.54) is 6.26 Å². The Kier molecular flexibility index (Phi) is 3.27. The van der Waals surface area contributed by atoms with Crippen molar-refractivity contribution in [2.75, 3.05) is 0 Å². The molecule has 3 aromatic rings. The summed E-state index contributed by atoms with van der Waals surface area (Å²) in [5.41, 5.74) is 2.31. The van der Waals surface area contributed by atoms with Crippen molar-refractivity contribution >= 4 is 17.9 Å². The fraction of sp³-hybridized carbons (Fsp3) is 0.133. The highest BCUT2D eigenvalue weighted by Crippen LogP contribution is 2.28. The molecule has 0 aliphatic heterocycles. The number of pyridine rings is 1. The molecule has 0 spiro atoms. The van der Waals surface area contributed by atoms with Gasteiger partial charge in [-0.05, 0) is 18.2 Å². The van der Waals surface area contributed by atoms with Gasteiger partial charge in [-0.15, -0.1) is 0 Å². The zero-order valence-electron chi connectivity index (χ0n) is 11.0. The Labute approximate surface area is 119 Å². The van der Waals surface area contributed by atoms with Gasteiger partial charge >= 0.3 is 5.97 Å². The van der Waals surface area contributed by atoms with Crippen LogP contribution >= 0.6 is 0 Å². The summed E-state index contributed by atoms with van der Waals surface area (Å²) in [5.74, 6) is -1.79. The predicted octanol–water partition coefficient (Wildman–Crippen LogP) is 2.35. The maximum Gasteiger partial charge on any atom is 0.314 e. The van der Waals surface area contributed by atoms with Gasteiger partial charge in [-0.3, -0.25) is 9.20 Å². The van der Waals surface area contributed by atoms with Gasteiger partial charge in [0.1, 0.15) is 29.9 Å². The molecule has 0 radical (unpaired) electrons. The van der Waals surface area contributed by atoms with Gasteiger partial charge in [-0.1, -0.05) is 6.07 Å². The highest BCUT2D eigenvalue weighted by Gasteiger charge is 2.23. The summed E-state index contributed by atoms with van der Waals surface area (Å²) in [7, 11) is 0. The average Bonchev–Trinajstić information content (AvgIpc) is 3.10. The summed E-state index contributed by atoms with van der Waals surface area (Å²) in [6.07, 6.45) is 5.50. The van der Waals surface area contributed by atoms with E-state index in [9.17, 15) is 9.59 Å². The van der Waals surface area contributed by atoms with E-state index in [4.69, 9.17) is 9.52 Å². The Balaban J connectivity index is 2.01. The maximum absolute atomic E-state index is 11.2. The predicted molar refractivity (Wildman–Crippen MR) is 74.0 cm³/mol. The van der Waals surface area contributed by atoms with E-state index in [1.807, 2.05) is 28.8 Å². The number of rotatable bonds is 5. The summed E-state index contributed by atoms with van der Waals surface area (Å²) in [6, 6.07) is 7.28. The maximum atomic E-state index is 11.2. The van der Waals surface area contributed by atoms with E-state index < -0.39 is 11.9 Å². The monoisotopic (exact) mass is 284 g/mol. The molecule has 3 rings (SSSR count). The van der Waals surface area contributed by atoms with Crippen LogP contribution in [0.2, 0.25) is 0 Å². The third-order valence-electron chi connectivity index (χ3n) is 3.31. The number of carbonyl (C=O) groups is 2. The highest BCUT2D eigenvalue weighted by atomic mass is 16.4. The number of furan rings is 1. The van der Waals surface area contributed by atoms with Gasteiger partial charge in [0, 0.05) is 18.2 Å². The van der Waals surface area contributed by atoms with Gasteiger partial charge < -0.3 is 14.3 Å². The third kappa shape index (κ3) is 2.31. The van der Waals surface area contributed by atoms with E-state index in [-0.39, 0.29) is 12.2 Å². The molecule has 0 amide bonds. The highest BCUT2D eigenvalue weighted by molar-refractivity contribution is 5.79. The molecule has 6 nitrogen and oxygen atoms in total. The van der Waals surface area contributed by atoms with Crippen LogP contribution < -0.4 is 0 Å². The largest absolute Gasteiger partial charge is 0.481 e. The Morgan fingerprint density at radius 1 is 1.48 bits per heavy atom. The minimum Gasteiger partial charge on any atom is -0.481 e. The first-order valence-corrected chi connectivity index (χ1v) is 6.38. The van der Waals surface area contributed by atoms with Gasteiger partial charge in [-0.25, -0.2) is 4.98 Å². The van der Waals surface area contributed by atoms with Crippen molar-refractivity contribution < 1.29 is 19.1 Å². The number of fused-ring (bicyclic) bond motifs is 1. The smallest absolute Gasteiger partial charge is 0.314 e. The molecule has 0 fully saturated rings. The lowest BCUT2D eigenvalue weighted by Crippen LogP contribution is -2.11. The number of carboxylic acid groups (broad SMARTS) is 1. The molecule has 0 saturated carbocycles. The molecule has 3 heterocycles. The third-order valence-corrected chi connectivity index (χ3v) is 3.31. The van der Waals surface area contributed by atoms with Crippen LogP contribution in [-0.2, 0) is 9.59 Å². The normalized spacial score (nSPS) is 12.4. The Morgan fingerprint density at radius 3 is 3.10 bits per heavy atom. The number of hydrogen-bond donors (Lipinski definition) is 1. The molecule has 0 aromatic carbocycles. The summed E-state index contributed by atoms with van der Waals surface area (Å²) >= 11 is 0. The molecule has 3 aromatic heterocycles. The van der Waals surface area contributed by atoms with Crippen LogP contribution in [0.5, 0.6) is 0 Å². The van der Waals surface area contributed by atoms with Crippen molar-refractivity contribution in [3.8, 4) is 11.3 Å². The van der Waals surface area contributed by atoms with Gasteiger partial charge in [0.25, 0.3) is 0 Å². The molecule has 106 valence electrons. The summed E-state index contributed by atoms with van der Waals surface area (Å²) in [5, 5.41) is 9.13. The number of nitrogens with zero attached hydrogens (tertiary/aromatic N) is 2. The number of hydrogen-bond acceptors (Lipinski definition) is 4. The lowest BCUT2D eigenvalue weighted by Gasteiger charge is -2.03. The van der Waals surface area contributed by atoms with Gasteiger partial charge in [0.05, 0.1) is 11.9 Å². The second-order valence-electron chi connectivity index (χ2n) is 4.60. The summed E-state index contributed by atoms with van der Waals surface area (Å²) in [6.45, 7) is 0. The molecule has 1 N–H and O–H groups in total. The van der Waals surface area contributed by atoms with Crippen LogP contribution in [0.15, 0.2) is 47.3 Å². The minimum atomic E-state index is -1.08. The fourth-order valence-corrected chi connectivity index (χ4v) is 2.25. The minimum absolute atomic E-state index is 0.116. The van der Waals surface area contributed by atoms with E-state index in [0.717, 1.165) is 16.9 Å². The second-order valence-corrected chi connectivity index (χ2v) is 4.60. The number of carboxylic acids is 1. The topological polar surface area (TPSA) is 84.8 Å². The van der Waals surface area contributed by atoms with Crippen molar-refractivity contribution in [3.05, 3.63) is 48.7 Å². The van der Waals surface area contributed by atoms with E-state index in [0.29, 0.717) is 6.29 Å². The average molecular weight is 284 g/mol. The van der Waals surface area contributed by atoms with Crippen molar-refractivity contribution in [3.63, 3.8) is 0 Å². The lowest BCUT2D eigenvalue weighted by atomic mass is 10.0. The van der Waals surface area contributed by atoms with Crippen LogP contribution in [0.25, 0.3) is 16.9 Å². The van der Waals surface area contributed by atoms with Crippen molar-refractivity contribution in [2.24, 2.45) is 0 Å². The van der Waals surface area contributed by atoms with Crippen LogP contribution in [0, 0.1) is 0 Å². The molecule has 1 unspecified atom stereocenters. The van der Waals surface area contributed by atoms with E-state index in [1.54, 1.807) is 12.3 Å². The molecule has 0 bridgehead atoms. The molecule has 21 heavy (non-hydrogen) atoms. The summed E-state index contributed by atoms with van der Waals surface area (Å²) < 4.78 is 7.21. The number of carbonyl (C=O) groups excluding carboxylic acids is 1. The Hall–Kier alpha value is -2.89. The van der Waals surface area contributed by atoms with E-state index >= 15 is 0 Å². The van der Waals surface area contributed by atoms with Gasteiger partial charge in [0.2, 0.25) is 0 Å². The van der Waals surface area contributed by atoms with Crippen molar-refractivity contribution in [2.45, 2.75) is 12.3 Å². The standard InChI is InChI=1S/C15H12N2O4/c18-6-4-11(15(19)20)13-7-10(9-21-13)12-8-16-14-3-1-2-5-17(12)14/h1-3,5-9,11H,4H2,(H,19,20). The van der Waals surface area contributed by atoms with Gasteiger partial charge in [-0.2, -0.15) is 0 Å². The zero-order valence-corrected chi connectivity index (χ0v) is 11.0. The first kappa shape index (κ1) is 13.1. The quantitative estimate of drug-likeness (QED) is 0.727. The number of aliphatic carboxylic acids is 1. The Bertz CT molecular complexity index is 803. The molecule has 0 aliphatic carbocycles. The van der Waals surface area contributed by atoms with Crippen LogP contribution in [0.3, 0.4) is 0 Å². The molecule has 6 heteroatoms. The molecule has 0 aliphatic rings. The lowest BCUT2D eigenvalue weighted by molar-refractivity contribution is -0.140. The van der Waals surface area contributed by atoms with Crippen LogP contribution in [0.1, 0.15) is 18.1 Å². The molecular weight excluding hydrogens is 272 g/mol. The molecular formula is C15H12N2O4. The zero-order chi connectivity index (χ0) is 14.8. The fourth-order valence-electron chi connectivity index (χ4n) is 2.25. The van der Waals surface area contributed by atoms with Gasteiger partial charge in [0.15, 0.2) is 0 Å². The van der Waals surface area contributed by atoms with Crippen LogP contribution in [0.4, 0.5) is 0 Å². The van der Waals surface area contributed by atoms with Crippen molar-refractivity contribution in [1.82, 2.24) is 9.38 Å². The number of aldehydes is 1. The number of aromatic nitrogens is 2. The SMILES string of the molecule is O=CCC(C(=O)O)c1cc(-c2cnc3ccccn23)co1. The van der Waals surface area contributed by atoms with Crippen molar-refractivity contribution in [1.29, 1.82) is 0 Å². The first-order chi connectivity index (χ1) is 10.2. The molecule has 0 saturated heterocycles. The van der Waals surface area contributed by atoms with Crippen LogP contribution in [-0.4, -0.2) is 26.7 Å². The first-order valence-electron chi connectivity index (χ1n) is 6.38. The van der Waals surface area contributed by atoms with E-state index in [2.05, 4.69) is 4.98 Å². The second kappa shape index (κ2) is 5.24. The summed E-state index contributed by atoms with van der Waals surface area (Å²) in [4.78, 5) is 26.0. The Morgan fingerprint density at radius 2 is 2.33 bits per heavy atom.